The van der Waals surface area contributed by atoms with Crippen molar-refractivity contribution in [1.29, 1.82) is 0 Å². The van der Waals surface area contributed by atoms with Gasteiger partial charge in [-0.25, -0.2) is 0 Å². The Morgan fingerprint density at radius 3 is 2.62 bits per heavy atom. The maximum absolute atomic E-state index is 11.3. The maximum atomic E-state index is 11.3. The summed E-state index contributed by atoms with van der Waals surface area (Å²) < 4.78 is 5.27. The highest BCUT2D eigenvalue weighted by molar-refractivity contribution is 5.77. The highest BCUT2D eigenvalue weighted by atomic mass is 16.5. The Labute approximate surface area is 95.2 Å². The van der Waals surface area contributed by atoms with E-state index in [4.69, 9.17) is 9.84 Å². The highest BCUT2D eigenvalue weighted by Crippen LogP contribution is 2.10. The first-order valence-electron chi connectivity index (χ1n) is 5.21. The zero-order valence-corrected chi connectivity index (χ0v) is 9.56. The molecule has 2 N–H and O–H groups in total. The van der Waals surface area contributed by atoms with Crippen LogP contribution in [0.3, 0.4) is 0 Å². The fraction of sp³-hybridized carbons (Fsp3) is 0.417. The molecule has 0 aliphatic rings. The molecule has 0 spiro atoms. The molecule has 1 aromatic carbocycles. The monoisotopic (exact) mass is 223 g/mol. The Balaban J connectivity index is 2.34. The number of aryl methyl sites for hydroxylation is 1. The molecule has 0 heterocycles. The van der Waals surface area contributed by atoms with Crippen LogP contribution < -0.4 is 10.1 Å². The predicted octanol–water partition coefficient (Wildman–Crippen LogP) is 0.871. The molecule has 0 saturated heterocycles. The van der Waals surface area contributed by atoms with Crippen LogP contribution in [0.5, 0.6) is 5.75 Å². The van der Waals surface area contributed by atoms with Gasteiger partial charge in [0, 0.05) is 6.04 Å². The second-order valence-corrected chi connectivity index (χ2v) is 3.75. The van der Waals surface area contributed by atoms with E-state index in [1.165, 1.54) is 0 Å². The zero-order valence-electron chi connectivity index (χ0n) is 9.56. The molecule has 4 nitrogen and oxygen atoms in total. The van der Waals surface area contributed by atoms with Crippen LogP contribution in [0.15, 0.2) is 24.3 Å². The molecular formula is C12H17NO3. The molecule has 0 unspecified atom stereocenters. The zero-order chi connectivity index (χ0) is 12.0. The normalized spacial score (nSPS) is 11.9. The number of benzene rings is 1. The summed E-state index contributed by atoms with van der Waals surface area (Å²) >= 11 is 0. The van der Waals surface area contributed by atoms with E-state index in [-0.39, 0.29) is 25.2 Å². The number of hydrogen-bond acceptors (Lipinski definition) is 3. The minimum Gasteiger partial charge on any atom is -0.484 e. The Morgan fingerprint density at radius 1 is 1.44 bits per heavy atom. The van der Waals surface area contributed by atoms with E-state index in [2.05, 4.69) is 5.32 Å². The molecule has 1 atom stereocenters. The quantitative estimate of drug-likeness (QED) is 0.778. The summed E-state index contributed by atoms with van der Waals surface area (Å²) in [6.45, 7) is 3.60. The van der Waals surface area contributed by atoms with Crippen molar-refractivity contribution in [2.24, 2.45) is 0 Å². The van der Waals surface area contributed by atoms with Crippen molar-refractivity contribution in [3.05, 3.63) is 29.8 Å². The van der Waals surface area contributed by atoms with Gasteiger partial charge in [-0.15, -0.1) is 0 Å². The molecule has 0 saturated carbocycles. The first kappa shape index (κ1) is 12.5. The van der Waals surface area contributed by atoms with Gasteiger partial charge >= 0.3 is 0 Å². The Bertz CT molecular complexity index is 335. The lowest BCUT2D eigenvalue weighted by molar-refractivity contribution is -0.123. The van der Waals surface area contributed by atoms with Crippen LogP contribution in [-0.2, 0) is 4.79 Å². The summed E-state index contributed by atoms with van der Waals surface area (Å²) in [5.41, 5.74) is 1.14. The van der Waals surface area contributed by atoms with Gasteiger partial charge in [0.25, 0.3) is 5.91 Å². The van der Waals surface area contributed by atoms with Crippen LogP contribution in [-0.4, -0.2) is 30.3 Å². The van der Waals surface area contributed by atoms with E-state index in [1.807, 2.05) is 31.2 Å². The van der Waals surface area contributed by atoms with Crippen molar-refractivity contribution in [3.63, 3.8) is 0 Å². The SMILES string of the molecule is Cc1ccc(OCC(=O)N[C@@H](C)CO)cc1. The number of carbonyl (C=O) groups excluding carboxylic acids is 1. The average molecular weight is 223 g/mol. The first-order valence-corrected chi connectivity index (χ1v) is 5.21. The molecule has 1 amide bonds. The van der Waals surface area contributed by atoms with Crippen molar-refractivity contribution in [2.75, 3.05) is 13.2 Å². The minimum absolute atomic E-state index is 0.0343. The Hall–Kier alpha value is -1.55. The summed E-state index contributed by atoms with van der Waals surface area (Å²) in [5.74, 6) is 0.430. The van der Waals surface area contributed by atoms with Gasteiger partial charge in [0.1, 0.15) is 5.75 Å². The summed E-state index contributed by atoms with van der Waals surface area (Å²) in [6, 6.07) is 7.23. The van der Waals surface area contributed by atoms with Gasteiger partial charge in [0.2, 0.25) is 0 Å². The molecule has 16 heavy (non-hydrogen) atoms. The van der Waals surface area contributed by atoms with Gasteiger partial charge in [0.15, 0.2) is 6.61 Å². The van der Waals surface area contributed by atoms with Crippen molar-refractivity contribution in [1.82, 2.24) is 5.32 Å². The van der Waals surface area contributed by atoms with Gasteiger partial charge in [-0.2, -0.15) is 0 Å². The van der Waals surface area contributed by atoms with Crippen molar-refractivity contribution >= 4 is 5.91 Å². The van der Waals surface area contributed by atoms with Crippen LogP contribution in [0.4, 0.5) is 0 Å². The summed E-state index contributed by atoms with van der Waals surface area (Å²) in [5, 5.41) is 11.3. The number of rotatable bonds is 5. The molecule has 0 bridgehead atoms. The van der Waals surface area contributed by atoms with Crippen LogP contribution in [0.25, 0.3) is 0 Å². The third-order valence-electron chi connectivity index (χ3n) is 2.07. The van der Waals surface area contributed by atoms with Crippen LogP contribution >= 0.6 is 0 Å². The average Bonchev–Trinajstić information content (AvgIpc) is 2.28. The molecule has 0 aromatic heterocycles. The summed E-state index contributed by atoms with van der Waals surface area (Å²) in [6.07, 6.45) is 0. The van der Waals surface area contributed by atoms with Crippen LogP contribution in [0.2, 0.25) is 0 Å². The fourth-order valence-corrected chi connectivity index (χ4v) is 1.15. The van der Waals surface area contributed by atoms with Gasteiger partial charge in [-0.1, -0.05) is 17.7 Å². The van der Waals surface area contributed by atoms with Gasteiger partial charge < -0.3 is 15.2 Å². The van der Waals surface area contributed by atoms with Crippen LogP contribution in [0.1, 0.15) is 12.5 Å². The molecular weight excluding hydrogens is 206 g/mol. The third-order valence-corrected chi connectivity index (χ3v) is 2.07. The predicted molar refractivity (Wildman–Crippen MR) is 61.4 cm³/mol. The second-order valence-electron chi connectivity index (χ2n) is 3.75. The summed E-state index contributed by atoms with van der Waals surface area (Å²) in [7, 11) is 0. The van der Waals surface area contributed by atoms with Crippen LogP contribution in [0, 0.1) is 6.92 Å². The van der Waals surface area contributed by atoms with E-state index >= 15 is 0 Å². The number of ether oxygens (including phenoxy) is 1. The molecule has 4 heteroatoms. The summed E-state index contributed by atoms with van der Waals surface area (Å²) in [4.78, 5) is 11.3. The van der Waals surface area contributed by atoms with Crippen molar-refractivity contribution in [3.8, 4) is 5.75 Å². The van der Waals surface area contributed by atoms with E-state index in [1.54, 1.807) is 6.92 Å². The van der Waals surface area contributed by atoms with E-state index in [0.717, 1.165) is 5.56 Å². The second kappa shape index (κ2) is 6.12. The Kier molecular flexibility index (Phi) is 4.79. The molecule has 0 fully saturated rings. The maximum Gasteiger partial charge on any atom is 0.258 e. The minimum atomic E-state index is -0.242. The molecule has 0 aliphatic heterocycles. The molecule has 0 aliphatic carbocycles. The molecule has 88 valence electrons. The standard InChI is InChI=1S/C12H17NO3/c1-9-3-5-11(6-4-9)16-8-12(15)13-10(2)7-14/h3-6,10,14H,7-8H2,1-2H3,(H,13,15)/t10-/m0/s1. The van der Waals surface area contributed by atoms with Gasteiger partial charge in [-0.3, -0.25) is 4.79 Å². The number of carbonyl (C=O) groups is 1. The highest BCUT2D eigenvalue weighted by Gasteiger charge is 2.06. The van der Waals surface area contributed by atoms with E-state index in [9.17, 15) is 4.79 Å². The lowest BCUT2D eigenvalue weighted by Crippen LogP contribution is -2.38. The molecule has 1 rings (SSSR count). The Morgan fingerprint density at radius 2 is 2.06 bits per heavy atom. The number of amides is 1. The lowest BCUT2D eigenvalue weighted by atomic mass is 10.2. The van der Waals surface area contributed by atoms with Crippen molar-refractivity contribution < 1.29 is 14.6 Å². The fourth-order valence-electron chi connectivity index (χ4n) is 1.15. The van der Waals surface area contributed by atoms with E-state index < -0.39 is 0 Å². The largest absolute Gasteiger partial charge is 0.484 e. The van der Waals surface area contributed by atoms with Gasteiger partial charge in [-0.05, 0) is 26.0 Å². The lowest BCUT2D eigenvalue weighted by Gasteiger charge is -2.11. The topological polar surface area (TPSA) is 58.6 Å². The third kappa shape index (κ3) is 4.31. The van der Waals surface area contributed by atoms with E-state index in [0.29, 0.717) is 5.75 Å². The number of aliphatic hydroxyl groups excluding tert-OH is 1. The molecule has 0 radical (unpaired) electrons. The number of hydrogen-bond donors (Lipinski definition) is 2. The smallest absolute Gasteiger partial charge is 0.258 e. The molecule has 1 aromatic rings. The number of aliphatic hydroxyl groups is 1. The number of nitrogens with one attached hydrogen (secondary N) is 1. The van der Waals surface area contributed by atoms with Crippen molar-refractivity contribution in [2.45, 2.75) is 19.9 Å². The first-order chi connectivity index (χ1) is 7.61. The van der Waals surface area contributed by atoms with Gasteiger partial charge in [0.05, 0.1) is 6.61 Å².